The molecule has 0 aliphatic heterocycles. The van der Waals surface area contributed by atoms with Crippen LogP contribution in [0, 0.1) is 0 Å². The molecule has 0 bridgehead atoms. The average Bonchev–Trinajstić information content (AvgIpc) is 2.69. The molecule has 2 heterocycles. The van der Waals surface area contributed by atoms with Crippen LogP contribution in [0.5, 0.6) is 0 Å². The van der Waals surface area contributed by atoms with Gasteiger partial charge < -0.3 is 0 Å². The van der Waals surface area contributed by atoms with E-state index in [1.807, 2.05) is 60.9 Å². The summed E-state index contributed by atoms with van der Waals surface area (Å²) in [5.41, 5.74) is 2.12. The summed E-state index contributed by atoms with van der Waals surface area (Å²) in [4.78, 5) is 8.36. The van der Waals surface area contributed by atoms with Crippen molar-refractivity contribution < 1.29 is 0 Å². The maximum Gasteiger partial charge on any atom is 0.0701 e. The van der Waals surface area contributed by atoms with E-state index in [1.165, 1.54) is 10.8 Å². The van der Waals surface area contributed by atoms with Crippen molar-refractivity contribution in [2.24, 2.45) is 0 Å². The minimum Gasteiger partial charge on any atom is -0.256 e. The molecule has 2 aromatic carbocycles. The number of hydrogen-bond acceptors (Lipinski definition) is 2. The summed E-state index contributed by atoms with van der Waals surface area (Å²) in [7, 11) is 0. The first-order chi connectivity index (χ1) is 12.2. The quantitative estimate of drug-likeness (QED) is 0.287. The first kappa shape index (κ1) is 19.5. The van der Waals surface area contributed by atoms with Crippen LogP contribution in [0.2, 0.25) is 0 Å². The highest BCUT2D eigenvalue weighted by atomic mass is 79.9. The average molecular weight is 460 g/mol. The molecule has 0 saturated carbocycles. The van der Waals surface area contributed by atoms with Crippen LogP contribution < -0.4 is 0 Å². The fourth-order valence-electron chi connectivity index (χ4n) is 2.03. The van der Waals surface area contributed by atoms with Gasteiger partial charge in [0.15, 0.2) is 0 Å². The molecule has 4 aromatic rings. The summed E-state index contributed by atoms with van der Waals surface area (Å²) < 4.78 is 0.509. The number of hydrogen-bond donors (Lipinski definition) is 0. The zero-order chi connectivity index (χ0) is 17.9. The highest BCUT2D eigenvalue weighted by Gasteiger charge is 1.87. The number of benzene rings is 2. The number of halogens is 2. The lowest BCUT2D eigenvalue weighted by Gasteiger charge is -1.91. The van der Waals surface area contributed by atoms with E-state index in [-0.39, 0.29) is 0 Å². The molecular formula is C21H20Br2N2. The molecule has 128 valence electrons. The lowest BCUT2D eigenvalue weighted by atomic mass is 10.2. The van der Waals surface area contributed by atoms with Gasteiger partial charge in [-0.25, -0.2) is 0 Å². The lowest BCUT2D eigenvalue weighted by Crippen LogP contribution is -1.73. The molecule has 2 nitrogen and oxygen atoms in total. The Balaban J connectivity index is 0.000000144. The highest BCUT2D eigenvalue weighted by molar-refractivity contribution is 9.24. The Morgan fingerprint density at radius 1 is 0.680 bits per heavy atom. The monoisotopic (exact) mass is 458 g/mol. The molecule has 0 saturated heterocycles. The standard InChI is InChI=1S/2C9H7N.C3H6Br2/c2*1-2-6-9-8(4-1)5-3-7-10-9;1-2-3(4)5/h2*1-7H;3H,2H2,1H3. The highest BCUT2D eigenvalue weighted by Crippen LogP contribution is 2.10. The Labute approximate surface area is 165 Å². The number of rotatable bonds is 1. The van der Waals surface area contributed by atoms with Crippen molar-refractivity contribution >= 4 is 53.7 Å². The largest absolute Gasteiger partial charge is 0.256 e. The van der Waals surface area contributed by atoms with E-state index in [1.54, 1.807) is 0 Å². The molecule has 4 heteroatoms. The van der Waals surface area contributed by atoms with Crippen molar-refractivity contribution in [1.82, 2.24) is 9.97 Å². The molecule has 0 fully saturated rings. The molecule has 0 N–H and O–H groups in total. The van der Waals surface area contributed by atoms with Gasteiger partial charge in [0.2, 0.25) is 0 Å². The second-order valence-corrected chi connectivity index (χ2v) is 8.63. The summed E-state index contributed by atoms with van der Waals surface area (Å²) in [5, 5.41) is 2.40. The summed E-state index contributed by atoms with van der Waals surface area (Å²) >= 11 is 6.58. The van der Waals surface area contributed by atoms with Crippen LogP contribution in [0.1, 0.15) is 13.3 Å². The maximum absolute atomic E-state index is 4.18. The van der Waals surface area contributed by atoms with E-state index in [2.05, 4.69) is 73.0 Å². The van der Waals surface area contributed by atoms with Crippen molar-refractivity contribution in [2.75, 3.05) is 0 Å². The lowest BCUT2D eigenvalue weighted by molar-refractivity contribution is 1.08. The van der Waals surface area contributed by atoms with Gasteiger partial charge in [-0.15, -0.1) is 0 Å². The summed E-state index contributed by atoms with van der Waals surface area (Å²) in [6.07, 6.45) is 4.75. The molecule has 0 aliphatic rings. The topological polar surface area (TPSA) is 25.8 Å². The Bertz CT molecular complexity index is 692. The second-order valence-electron chi connectivity index (χ2n) is 5.19. The van der Waals surface area contributed by atoms with E-state index < -0.39 is 0 Å². The fraction of sp³-hybridized carbons (Fsp3) is 0.143. The Hall–Kier alpha value is -1.78. The second kappa shape index (κ2) is 11.0. The number of nitrogens with zero attached hydrogens (tertiary/aromatic N) is 2. The molecule has 0 atom stereocenters. The van der Waals surface area contributed by atoms with Crippen LogP contribution in [0.25, 0.3) is 21.8 Å². The van der Waals surface area contributed by atoms with Gasteiger partial charge >= 0.3 is 0 Å². The zero-order valence-electron chi connectivity index (χ0n) is 14.0. The van der Waals surface area contributed by atoms with E-state index >= 15 is 0 Å². The van der Waals surface area contributed by atoms with Crippen LogP contribution in [-0.4, -0.2) is 13.7 Å². The van der Waals surface area contributed by atoms with Gasteiger partial charge in [-0.2, -0.15) is 0 Å². The van der Waals surface area contributed by atoms with E-state index in [0.717, 1.165) is 17.5 Å². The Kier molecular flexibility index (Phi) is 8.56. The molecule has 4 rings (SSSR count). The predicted molar refractivity (Wildman–Crippen MR) is 115 cm³/mol. The summed E-state index contributed by atoms with van der Waals surface area (Å²) in [6.45, 7) is 2.11. The maximum atomic E-state index is 4.18. The van der Waals surface area contributed by atoms with Crippen LogP contribution in [0.15, 0.2) is 85.2 Å². The van der Waals surface area contributed by atoms with E-state index in [4.69, 9.17) is 0 Å². The SMILES string of the molecule is CCC(Br)Br.c1ccc2ncccc2c1.c1ccc2ncccc2c1. The molecular weight excluding hydrogens is 440 g/mol. The first-order valence-corrected chi connectivity index (χ1v) is 9.91. The third-order valence-electron chi connectivity index (χ3n) is 3.33. The molecule has 0 unspecified atom stereocenters. The minimum absolute atomic E-state index is 0.509. The van der Waals surface area contributed by atoms with Crippen LogP contribution >= 0.6 is 31.9 Å². The molecule has 0 radical (unpaired) electrons. The van der Waals surface area contributed by atoms with Gasteiger partial charge in [-0.05, 0) is 30.7 Å². The number of pyridine rings is 2. The smallest absolute Gasteiger partial charge is 0.0701 e. The molecule has 2 aromatic heterocycles. The normalized spacial score (nSPS) is 9.92. The minimum atomic E-state index is 0.509. The molecule has 25 heavy (non-hydrogen) atoms. The number of alkyl halides is 2. The Morgan fingerprint density at radius 2 is 1.04 bits per heavy atom. The van der Waals surface area contributed by atoms with Crippen molar-refractivity contribution in [2.45, 2.75) is 17.1 Å². The Morgan fingerprint density at radius 3 is 1.40 bits per heavy atom. The molecule has 0 spiro atoms. The van der Waals surface area contributed by atoms with Crippen molar-refractivity contribution in [3.8, 4) is 0 Å². The fourth-order valence-corrected chi connectivity index (χ4v) is 2.03. The number of aromatic nitrogens is 2. The summed E-state index contributed by atoms with van der Waals surface area (Å²) in [5.74, 6) is 0. The van der Waals surface area contributed by atoms with Crippen molar-refractivity contribution in [3.05, 3.63) is 85.2 Å². The van der Waals surface area contributed by atoms with Gasteiger partial charge in [0.25, 0.3) is 0 Å². The van der Waals surface area contributed by atoms with Gasteiger partial charge in [-0.1, -0.05) is 87.3 Å². The van der Waals surface area contributed by atoms with Crippen LogP contribution in [0.4, 0.5) is 0 Å². The first-order valence-electron chi connectivity index (χ1n) is 8.08. The third kappa shape index (κ3) is 6.92. The van der Waals surface area contributed by atoms with Gasteiger partial charge in [-0.3, -0.25) is 9.97 Å². The number of para-hydroxylation sites is 2. The third-order valence-corrected chi connectivity index (χ3v) is 4.63. The van der Waals surface area contributed by atoms with Crippen LogP contribution in [0.3, 0.4) is 0 Å². The molecule has 0 amide bonds. The van der Waals surface area contributed by atoms with Crippen molar-refractivity contribution in [3.63, 3.8) is 0 Å². The van der Waals surface area contributed by atoms with E-state index in [9.17, 15) is 0 Å². The summed E-state index contributed by atoms with van der Waals surface area (Å²) in [6, 6.07) is 24.2. The van der Waals surface area contributed by atoms with Gasteiger partial charge in [0, 0.05) is 23.2 Å². The van der Waals surface area contributed by atoms with Crippen molar-refractivity contribution in [1.29, 1.82) is 0 Å². The predicted octanol–water partition coefficient (Wildman–Crippen LogP) is 6.98. The number of fused-ring (bicyclic) bond motifs is 2. The van der Waals surface area contributed by atoms with Gasteiger partial charge in [0.1, 0.15) is 0 Å². The molecule has 0 aliphatic carbocycles. The van der Waals surface area contributed by atoms with Crippen LogP contribution in [-0.2, 0) is 0 Å². The van der Waals surface area contributed by atoms with E-state index in [0.29, 0.717) is 3.74 Å². The van der Waals surface area contributed by atoms with Gasteiger partial charge in [0.05, 0.1) is 14.8 Å². The zero-order valence-corrected chi connectivity index (χ0v) is 17.2.